The molecule has 0 aromatic heterocycles. The van der Waals surface area contributed by atoms with Crippen LogP contribution in [-0.4, -0.2) is 49.7 Å². The van der Waals surface area contributed by atoms with Gasteiger partial charge < -0.3 is 15.0 Å². The Morgan fingerprint density at radius 2 is 1.95 bits per heavy atom. The summed E-state index contributed by atoms with van der Waals surface area (Å²) in [4.78, 5) is 14.4. The standard InChI is InChI=1S/C15H28N2O2.ClH/c1-12-5-7-13(8-6-12)17(15(18)10-16-2)11-14-4-3-9-19-14;/h12-14,16H,3-11H2,1-2H3;1H. The Hall–Kier alpha value is -0.320. The maximum atomic E-state index is 12.3. The molecular weight excluding hydrogens is 276 g/mol. The van der Waals surface area contributed by atoms with E-state index in [9.17, 15) is 4.79 Å². The summed E-state index contributed by atoms with van der Waals surface area (Å²) in [6.07, 6.45) is 7.32. The summed E-state index contributed by atoms with van der Waals surface area (Å²) in [5.41, 5.74) is 0. The van der Waals surface area contributed by atoms with Gasteiger partial charge in [-0.1, -0.05) is 6.92 Å². The number of carbonyl (C=O) groups is 1. The van der Waals surface area contributed by atoms with Gasteiger partial charge in [0.25, 0.3) is 0 Å². The Kier molecular flexibility index (Phi) is 7.85. The Morgan fingerprint density at radius 3 is 2.50 bits per heavy atom. The van der Waals surface area contributed by atoms with E-state index in [1.54, 1.807) is 0 Å². The molecule has 2 rings (SSSR count). The molecule has 1 heterocycles. The van der Waals surface area contributed by atoms with Crippen molar-refractivity contribution >= 4 is 18.3 Å². The second-order valence-corrected chi connectivity index (χ2v) is 6.13. The van der Waals surface area contributed by atoms with Crippen molar-refractivity contribution in [2.45, 2.75) is 57.6 Å². The first-order valence-electron chi connectivity index (χ1n) is 7.76. The van der Waals surface area contributed by atoms with Crippen molar-refractivity contribution in [2.75, 3.05) is 26.7 Å². The predicted octanol–water partition coefficient (Wildman–Crippen LogP) is 2.21. The minimum atomic E-state index is 0. The molecule has 0 bridgehead atoms. The van der Waals surface area contributed by atoms with E-state index in [-0.39, 0.29) is 24.4 Å². The molecule has 1 saturated carbocycles. The van der Waals surface area contributed by atoms with E-state index in [4.69, 9.17) is 4.74 Å². The number of nitrogens with one attached hydrogen (secondary N) is 1. The maximum Gasteiger partial charge on any atom is 0.236 e. The summed E-state index contributed by atoms with van der Waals surface area (Å²) in [5.74, 6) is 1.05. The minimum Gasteiger partial charge on any atom is -0.376 e. The Balaban J connectivity index is 0.00000200. The van der Waals surface area contributed by atoms with Crippen LogP contribution in [0, 0.1) is 5.92 Å². The maximum absolute atomic E-state index is 12.3. The van der Waals surface area contributed by atoms with Crippen molar-refractivity contribution in [3.63, 3.8) is 0 Å². The first kappa shape index (κ1) is 17.7. The molecule has 1 aliphatic heterocycles. The number of hydrogen-bond acceptors (Lipinski definition) is 3. The SMILES string of the molecule is CNCC(=O)N(CC1CCCO1)C1CCC(C)CC1.Cl. The Labute approximate surface area is 129 Å². The molecule has 118 valence electrons. The number of rotatable bonds is 5. The van der Waals surface area contributed by atoms with E-state index in [2.05, 4.69) is 17.1 Å². The van der Waals surface area contributed by atoms with Crippen molar-refractivity contribution in [3.8, 4) is 0 Å². The van der Waals surface area contributed by atoms with Crippen LogP contribution in [0.4, 0.5) is 0 Å². The van der Waals surface area contributed by atoms with Crippen molar-refractivity contribution in [1.82, 2.24) is 10.2 Å². The second kappa shape index (κ2) is 8.85. The fourth-order valence-corrected chi connectivity index (χ4v) is 3.27. The average molecular weight is 305 g/mol. The van der Waals surface area contributed by atoms with E-state index in [0.29, 0.717) is 12.6 Å². The molecule has 1 unspecified atom stereocenters. The van der Waals surface area contributed by atoms with Gasteiger partial charge in [0.05, 0.1) is 12.6 Å². The molecule has 0 aromatic rings. The van der Waals surface area contributed by atoms with Crippen LogP contribution in [0.25, 0.3) is 0 Å². The fourth-order valence-electron chi connectivity index (χ4n) is 3.27. The van der Waals surface area contributed by atoms with Gasteiger partial charge in [0.2, 0.25) is 5.91 Å². The lowest BCUT2D eigenvalue weighted by Gasteiger charge is -2.37. The van der Waals surface area contributed by atoms with Gasteiger partial charge in [0.15, 0.2) is 0 Å². The summed E-state index contributed by atoms with van der Waals surface area (Å²) in [6.45, 7) is 4.41. The van der Waals surface area contributed by atoms with E-state index in [1.807, 2.05) is 7.05 Å². The summed E-state index contributed by atoms with van der Waals surface area (Å²) < 4.78 is 5.71. The Bertz CT molecular complexity index is 288. The first-order valence-corrected chi connectivity index (χ1v) is 7.76. The molecule has 0 aromatic carbocycles. The molecule has 20 heavy (non-hydrogen) atoms. The van der Waals surface area contributed by atoms with Gasteiger partial charge in [-0.2, -0.15) is 0 Å². The van der Waals surface area contributed by atoms with Gasteiger partial charge in [-0.05, 0) is 51.5 Å². The number of halogens is 1. The third-order valence-corrected chi connectivity index (χ3v) is 4.50. The van der Waals surface area contributed by atoms with Crippen LogP contribution < -0.4 is 5.32 Å². The number of ether oxygens (including phenoxy) is 1. The zero-order chi connectivity index (χ0) is 13.7. The van der Waals surface area contributed by atoms with Crippen molar-refractivity contribution in [2.24, 2.45) is 5.92 Å². The van der Waals surface area contributed by atoms with Gasteiger partial charge in [0.1, 0.15) is 0 Å². The summed E-state index contributed by atoms with van der Waals surface area (Å²) in [6, 6.07) is 0.432. The van der Waals surface area contributed by atoms with Crippen LogP contribution in [0.15, 0.2) is 0 Å². The number of nitrogens with zero attached hydrogens (tertiary/aromatic N) is 1. The normalized spacial score (nSPS) is 29.8. The van der Waals surface area contributed by atoms with E-state index >= 15 is 0 Å². The highest BCUT2D eigenvalue weighted by Gasteiger charge is 2.30. The molecule has 1 saturated heterocycles. The fraction of sp³-hybridized carbons (Fsp3) is 0.933. The molecular formula is C15H29ClN2O2. The van der Waals surface area contributed by atoms with Crippen LogP contribution in [-0.2, 0) is 9.53 Å². The molecule has 1 amide bonds. The second-order valence-electron chi connectivity index (χ2n) is 6.13. The minimum absolute atomic E-state index is 0. The summed E-state index contributed by atoms with van der Waals surface area (Å²) >= 11 is 0. The van der Waals surface area contributed by atoms with Gasteiger partial charge in [0, 0.05) is 19.2 Å². The largest absolute Gasteiger partial charge is 0.376 e. The monoisotopic (exact) mass is 304 g/mol. The van der Waals surface area contributed by atoms with Crippen molar-refractivity contribution < 1.29 is 9.53 Å². The van der Waals surface area contributed by atoms with E-state index in [0.717, 1.165) is 44.8 Å². The van der Waals surface area contributed by atoms with Crippen molar-refractivity contribution in [3.05, 3.63) is 0 Å². The molecule has 1 atom stereocenters. The van der Waals surface area contributed by atoms with Gasteiger partial charge in [-0.3, -0.25) is 4.79 Å². The summed E-state index contributed by atoms with van der Waals surface area (Å²) in [7, 11) is 1.84. The number of amides is 1. The third-order valence-electron chi connectivity index (χ3n) is 4.50. The molecule has 2 aliphatic rings. The van der Waals surface area contributed by atoms with Gasteiger partial charge >= 0.3 is 0 Å². The lowest BCUT2D eigenvalue weighted by molar-refractivity contribution is -0.135. The lowest BCUT2D eigenvalue weighted by atomic mass is 9.86. The quantitative estimate of drug-likeness (QED) is 0.847. The van der Waals surface area contributed by atoms with Crippen LogP contribution in [0.5, 0.6) is 0 Å². The first-order chi connectivity index (χ1) is 9.20. The van der Waals surface area contributed by atoms with Crippen LogP contribution in [0.1, 0.15) is 45.4 Å². The smallest absolute Gasteiger partial charge is 0.236 e. The molecule has 1 aliphatic carbocycles. The molecule has 0 spiro atoms. The Morgan fingerprint density at radius 1 is 1.25 bits per heavy atom. The molecule has 1 N–H and O–H groups in total. The zero-order valence-electron chi connectivity index (χ0n) is 12.8. The van der Waals surface area contributed by atoms with Gasteiger partial charge in [-0.15, -0.1) is 12.4 Å². The zero-order valence-corrected chi connectivity index (χ0v) is 13.6. The molecule has 5 heteroatoms. The van der Waals surface area contributed by atoms with E-state index in [1.165, 1.54) is 12.8 Å². The average Bonchev–Trinajstić information content (AvgIpc) is 2.90. The van der Waals surface area contributed by atoms with Crippen LogP contribution in [0.3, 0.4) is 0 Å². The topological polar surface area (TPSA) is 41.6 Å². The highest BCUT2D eigenvalue weighted by Crippen LogP contribution is 2.28. The predicted molar refractivity (Wildman–Crippen MR) is 83.3 cm³/mol. The number of carbonyl (C=O) groups excluding carboxylic acids is 1. The molecule has 0 radical (unpaired) electrons. The van der Waals surface area contributed by atoms with Crippen LogP contribution >= 0.6 is 12.4 Å². The van der Waals surface area contributed by atoms with Gasteiger partial charge in [-0.25, -0.2) is 0 Å². The molecule has 4 nitrogen and oxygen atoms in total. The third kappa shape index (κ3) is 4.90. The highest BCUT2D eigenvalue weighted by molar-refractivity contribution is 5.85. The van der Waals surface area contributed by atoms with E-state index < -0.39 is 0 Å². The van der Waals surface area contributed by atoms with Crippen molar-refractivity contribution in [1.29, 1.82) is 0 Å². The number of hydrogen-bond donors (Lipinski definition) is 1. The highest BCUT2D eigenvalue weighted by atomic mass is 35.5. The lowest BCUT2D eigenvalue weighted by Crippen LogP contribution is -2.48. The van der Waals surface area contributed by atoms with Crippen LogP contribution in [0.2, 0.25) is 0 Å². The molecule has 2 fully saturated rings. The number of likely N-dealkylation sites (N-methyl/N-ethyl adjacent to an activating group) is 1. The summed E-state index contributed by atoms with van der Waals surface area (Å²) in [5, 5.41) is 2.99.